The molecule has 7 heteroatoms. The predicted octanol–water partition coefficient (Wildman–Crippen LogP) is 3.45. The van der Waals surface area contributed by atoms with Crippen molar-refractivity contribution >= 4 is 68.4 Å². The lowest BCUT2D eigenvalue weighted by Gasteiger charge is -2.15. The van der Waals surface area contributed by atoms with E-state index >= 15 is 0 Å². The zero-order chi connectivity index (χ0) is 15.2. The number of benzene rings is 1. The van der Waals surface area contributed by atoms with Crippen molar-refractivity contribution in [3.05, 3.63) is 30.3 Å². The minimum atomic E-state index is -0.662. The Morgan fingerprint density at radius 2 is 2.14 bits per heavy atom. The van der Waals surface area contributed by atoms with Gasteiger partial charge in [0, 0.05) is 22.4 Å². The lowest BCUT2D eigenvalue weighted by atomic mass is 10.2. The van der Waals surface area contributed by atoms with Crippen molar-refractivity contribution < 1.29 is 9.59 Å². The third kappa shape index (κ3) is 5.32. The summed E-state index contributed by atoms with van der Waals surface area (Å²) < 4.78 is 0.953. The fraction of sp³-hybridized carbons (Fsp3) is 0.357. The Bertz CT molecular complexity index is 535. The molecule has 0 spiro atoms. The van der Waals surface area contributed by atoms with Crippen LogP contribution in [0.5, 0.6) is 0 Å². The number of hydrogen-bond donors (Lipinski definition) is 1. The number of anilines is 1. The average molecular weight is 358 g/mol. The second-order valence-electron chi connectivity index (χ2n) is 4.48. The van der Waals surface area contributed by atoms with Gasteiger partial charge in [0.2, 0.25) is 5.91 Å². The summed E-state index contributed by atoms with van der Waals surface area (Å²) in [7, 11) is 0. The third-order valence-electron chi connectivity index (χ3n) is 2.75. The van der Waals surface area contributed by atoms with Gasteiger partial charge in [-0.05, 0) is 19.1 Å². The lowest BCUT2D eigenvalue weighted by molar-refractivity contribution is -0.123. The largest absolute Gasteiger partial charge is 0.325 e. The molecule has 0 bridgehead atoms. The number of nitrogens with one attached hydrogen (secondary N) is 1. The number of carbonyl (C=O) groups excluding carboxylic acids is 2. The van der Waals surface area contributed by atoms with Crippen LogP contribution in [0.3, 0.4) is 0 Å². The Kier molecular flexibility index (Phi) is 6.60. The van der Waals surface area contributed by atoms with E-state index in [-0.39, 0.29) is 11.7 Å². The SMILES string of the molecule is CC(=O)C(SCC1CSC(=S)S1)C(=O)Nc1ccccc1. The van der Waals surface area contributed by atoms with E-state index in [2.05, 4.69) is 5.32 Å². The quantitative estimate of drug-likeness (QED) is 0.621. The van der Waals surface area contributed by atoms with Crippen LogP contribution in [0.15, 0.2) is 30.3 Å². The summed E-state index contributed by atoms with van der Waals surface area (Å²) in [5.41, 5.74) is 0.710. The molecule has 0 aromatic heterocycles. The van der Waals surface area contributed by atoms with Gasteiger partial charge in [-0.15, -0.1) is 35.3 Å². The maximum absolute atomic E-state index is 12.2. The van der Waals surface area contributed by atoms with Gasteiger partial charge in [-0.2, -0.15) is 0 Å². The molecule has 2 rings (SSSR count). The summed E-state index contributed by atoms with van der Waals surface area (Å²) in [4.78, 5) is 24.0. The minimum absolute atomic E-state index is 0.119. The van der Waals surface area contributed by atoms with Crippen LogP contribution in [0.1, 0.15) is 6.92 Å². The molecule has 1 aromatic rings. The van der Waals surface area contributed by atoms with Crippen molar-refractivity contribution in [2.45, 2.75) is 17.4 Å². The van der Waals surface area contributed by atoms with Crippen molar-refractivity contribution in [1.82, 2.24) is 0 Å². The first-order valence-corrected chi connectivity index (χ1v) is 9.70. The van der Waals surface area contributed by atoms with Crippen LogP contribution in [0.25, 0.3) is 0 Å². The summed E-state index contributed by atoms with van der Waals surface area (Å²) >= 11 is 9.87. The molecule has 0 radical (unpaired) electrons. The maximum atomic E-state index is 12.2. The molecule has 1 N–H and O–H groups in total. The highest BCUT2D eigenvalue weighted by Crippen LogP contribution is 2.35. The summed E-state index contributed by atoms with van der Waals surface area (Å²) in [5.74, 6) is 1.34. The summed E-state index contributed by atoms with van der Waals surface area (Å²) in [6.45, 7) is 1.46. The van der Waals surface area contributed by atoms with Crippen molar-refractivity contribution in [2.24, 2.45) is 0 Å². The Balaban J connectivity index is 1.90. The van der Waals surface area contributed by atoms with Crippen molar-refractivity contribution in [3.63, 3.8) is 0 Å². The second-order valence-corrected chi connectivity index (χ2v) is 9.14. The van der Waals surface area contributed by atoms with Crippen LogP contribution in [0.2, 0.25) is 0 Å². The molecule has 0 aliphatic carbocycles. The smallest absolute Gasteiger partial charge is 0.245 e. The van der Waals surface area contributed by atoms with Gasteiger partial charge in [-0.1, -0.05) is 30.4 Å². The molecule has 1 heterocycles. The average Bonchev–Trinajstić information content (AvgIpc) is 2.85. The van der Waals surface area contributed by atoms with Gasteiger partial charge < -0.3 is 5.32 Å². The highest BCUT2D eigenvalue weighted by Gasteiger charge is 2.28. The van der Waals surface area contributed by atoms with E-state index in [0.717, 1.165) is 15.0 Å². The Morgan fingerprint density at radius 1 is 1.43 bits per heavy atom. The number of thioether (sulfide) groups is 3. The first-order chi connectivity index (χ1) is 10.1. The van der Waals surface area contributed by atoms with Gasteiger partial charge in [-0.25, -0.2) is 0 Å². The number of rotatable bonds is 6. The molecule has 1 aliphatic heterocycles. The second kappa shape index (κ2) is 8.22. The molecule has 2 unspecified atom stereocenters. The maximum Gasteiger partial charge on any atom is 0.245 e. The molecule has 1 aliphatic rings. The first kappa shape index (κ1) is 16.9. The highest BCUT2D eigenvalue weighted by molar-refractivity contribution is 8.49. The van der Waals surface area contributed by atoms with E-state index < -0.39 is 5.25 Å². The number of hydrogen-bond acceptors (Lipinski definition) is 6. The zero-order valence-electron chi connectivity index (χ0n) is 11.4. The monoisotopic (exact) mass is 357 g/mol. The zero-order valence-corrected chi connectivity index (χ0v) is 14.7. The number of para-hydroxylation sites is 1. The standard InChI is InChI=1S/C14H15NO2S4/c1-9(16)12(19-7-11-8-20-14(18)21-11)13(17)15-10-5-3-2-4-6-10/h2-6,11-12H,7-8H2,1H3,(H,15,17). The van der Waals surface area contributed by atoms with Crippen molar-refractivity contribution in [3.8, 4) is 0 Å². The highest BCUT2D eigenvalue weighted by atomic mass is 32.2. The summed E-state index contributed by atoms with van der Waals surface area (Å²) in [6.07, 6.45) is 0. The van der Waals surface area contributed by atoms with Crippen LogP contribution >= 0.6 is 47.5 Å². The van der Waals surface area contributed by atoms with E-state index in [1.807, 2.05) is 30.3 Å². The molecular weight excluding hydrogens is 342 g/mol. The van der Waals surface area contributed by atoms with Crippen LogP contribution < -0.4 is 5.32 Å². The van der Waals surface area contributed by atoms with E-state index in [4.69, 9.17) is 12.2 Å². The molecule has 1 amide bonds. The number of thiocarbonyl (C=S) groups is 1. The van der Waals surface area contributed by atoms with Gasteiger partial charge in [0.1, 0.15) is 8.78 Å². The van der Waals surface area contributed by atoms with Crippen LogP contribution in [0, 0.1) is 0 Å². The minimum Gasteiger partial charge on any atom is -0.325 e. The third-order valence-corrected chi connectivity index (χ3v) is 7.59. The molecule has 1 aromatic carbocycles. The van der Waals surface area contributed by atoms with E-state index in [0.29, 0.717) is 10.9 Å². The van der Waals surface area contributed by atoms with Gasteiger partial charge in [0.15, 0.2) is 5.78 Å². The van der Waals surface area contributed by atoms with Gasteiger partial charge in [0.25, 0.3) is 0 Å². The van der Waals surface area contributed by atoms with Gasteiger partial charge in [0.05, 0.1) is 0 Å². The predicted molar refractivity (Wildman–Crippen MR) is 98.4 cm³/mol. The van der Waals surface area contributed by atoms with Crippen molar-refractivity contribution in [2.75, 3.05) is 16.8 Å². The topological polar surface area (TPSA) is 46.2 Å². The lowest BCUT2D eigenvalue weighted by Crippen LogP contribution is -2.32. The fourth-order valence-corrected chi connectivity index (χ4v) is 6.07. The molecule has 3 nitrogen and oxygen atoms in total. The van der Waals surface area contributed by atoms with E-state index in [9.17, 15) is 9.59 Å². The molecule has 0 saturated carbocycles. The molecule has 2 atom stereocenters. The number of carbonyl (C=O) groups is 2. The normalized spacial score (nSPS) is 19.3. The van der Waals surface area contributed by atoms with Crippen molar-refractivity contribution in [1.29, 1.82) is 0 Å². The van der Waals surface area contributed by atoms with E-state index in [1.54, 1.807) is 23.5 Å². The molecule has 1 fully saturated rings. The van der Waals surface area contributed by atoms with Crippen LogP contribution in [-0.2, 0) is 9.59 Å². The molecule has 21 heavy (non-hydrogen) atoms. The molecule has 112 valence electrons. The Labute approximate surface area is 142 Å². The summed E-state index contributed by atoms with van der Waals surface area (Å²) in [5, 5.41) is 2.51. The van der Waals surface area contributed by atoms with Crippen LogP contribution in [-0.4, -0.2) is 37.2 Å². The summed E-state index contributed by atoms with van der Waals surface area (Å²) in [6, 6.07) is 9.19. The van der Waals surface area contributed by atoms with Gasteiger partial charge >= 0.3 is 0 Å². The number of amides is 1. The van der Waals surface area contributed by atoms with E-state index in [1.165, 1.54) is 18.7 Å². The number of Topliss-reactive ketones (excluding diaryl/α,β-unsaturated/α-hetero) is 1. The molecule has 1 saturated heterocycles. The Morgan fingerprint density at radius 3 is 2.71 bits per heavy atom. The Hall–Kier alpha value is -0.500. The van der Waals surface area contributed by atoms with Gasteiger partial charge in [-0.3, -0.25) is 9.59 Å². The fourth-order valence-electron chi connectivity index (χ4n) is 1.76. The number of ketones is 1. The first-order valence-electron chi connectivity index (χ1n) is 6.37. The van der Waals surface area contributed by atoms with Crippen LogP contribution in [0.4, 0.5) is 5.69 Å². The molecular formula is C14H15NO2S4.